The summed E-state index contributed by atoms with van der Waals surface area (Å²) in [6.45, 7) is 4.12. The van der Waals surface area contributed by atoms with Crippen LogP contribution in [0.1, 0.15) is 30.6 Å². The lowest BCUT2D eigenvalue weighted by molar-refractivity contribution is -0.122. The van der Waals surface area contributed by atoms with Crippen molar-refractivity contribution >= 4 is 23.4 Å². The SMILES string of the molecule is CCCNC(=O)C(C)NC(=O)c1ccc(O)c(Cl)c1. The topological polar surface area (TPSA) is 78.4 Å². The van der Waals surface area contributed by atoms with E-state index in [0.717, 1.165) is 6.42 Å². The Bertz CT molecular complexity index is 477. The van der Waals surface area contributed by atoms with Crippen LogP contribution in [0, 0.1) is 0 Å². The molecule has 0 heterocycles. The number of rotatable bonds is 5. The third-order valence-corrected chi connectivity index (χ3v) is 2.80. The zero-order valence-electron chi connectivity index (χ0n) is 10.9. The Morgan fingerprint density at radius 2 is 2.11 bits per heavy atom. The highest BCUT2D eigenvalue weighted by Crippen LogP contribution is 2.23. The Hall–Kier alpha value is -1.75. The first-order chi connectivity index (χ1) is 8.95. The van der Waals surface area contributed by atoms with E-state index in [1.165, 1.54) is 18.2 Å². The number of amides is 2. The highest BCUT2D eigenvalue weighted by Gasteiger charge is 2.16. The van der Waals surface area contributed by atoms with E-state index in [4.69, 9.17) is 11.6 Å². The minimum absolute atomic E-state index is 0.0908. The van der Waals surface area contributed by atoms with Crippen LogP contribution in [0.4, 0.5) is 0 Å². The number of carbonyl (C=O) groups excluding carboxylic acids is 2. The van der Waals surface area contributed by atoms with Crippen LogP contribution < -0.4 is 10.6 Å². The summed E-state index contributed by atoms with van der Waals surface area (Å²) in [5, 5.41) is 14.6. The predicted octanol–water partition coefficient (Wildman–Crippen LogP) is 1.69. The van der Waals surface area contributed by atoms with Gasteiger partial charge in [0, 0.05) is 12.1 Å². The highest BCUT2D eigenvalue weighted by molar-refractivity contribution is 6.32. The number of nitrogens with one attached hydrogen (secondary N) is 2. The van der Waals surface area contributed by atoms with E-state index >= 15 is 0 Å². The molecule has 0 aliphatic heterocycles. The van der Waals surface area contributed by atoms with Crippen LogP contribution in [0.15, 0.2) is 18.2 Å². The number of hydrogen-bond acceptors (Lipinski definition) is 3. The van der Waals surface area contributed by atoms with Gasteiger partial charge in [0.05, 0.1) is 5.02 Å². The lowest BCUT2D eigenvalue weighted by atomic mass is 10.2. The molecule has 0 aliphatic carbocycles. The predicted molar refractivity (Wildman–Crippen MR) is 73.3 cm³/mol. The second-order valence-corrected chi connectivity index (χ2v) is 4.56. The molecule has 104 valence electrons. The maximum atomic E-state index is 11.9. The minimum Gasteiger partial charge on any atom is -0.506 e. The molecule has 1 aromatic carbocycles. The molecule has 3 N–H and O–H groups in total. The molecule has 19 heavy (non-hydrogen) atoms. The number of halogens is 1. The van der Waals surface area contributed by atoms with Crippen molar-refractivity contribution in [2.24, 2.45) is 0 Å². The van der Waals surface area contributed by atoms with Gasteiger partial charge in [0.1, 0.15) is 11.8 Å². The van der Waals surface area contributed by atoms with Gasteiger partial charge in [-0.05, 0) is 31.5 Å². The minimum atomic E-state index is -0.633. The molecule has 5 nitrogen and oxygen atoms in total. The van der Waals surface area contributed by atoms with Crippen LogP contribution in [0.3, 0.4) is 0 Å². The molecular weight excluding hydrogens is 268 g/mol. The normalized spacial score (nSPS) is 11.7. The first kappa shape index (κ1) is 15.3. The van der Waals surface area contributed by atoms with Crippen molar-refractivity contribution in [1.82, 2.24) is 10.6 Å². The molecule has 6 heteroatoms. The Morgan fingerprint density at radius 1 is 1.42 bits per heavy atom. The van der Waals surface area contributed by atoms with Gasteiger partial charge in [0.25, 0.3) is 5.91 Å². The number of benzene rings is 1. The Morgan fingerprint density at radius 3 is 2.68 bits per heavy atom. The van der Waals surface area contributed by atoms with Crippen molar-refractivity contribution < 1.29 is 14.7 Å². The van der Waals surface area contributed by atoms with Gasteiger partial charge in [0.15, 0.2) is 0 Å². The first-order valence-electron chi connectivity index (χ1n) is 6.02. The molecule has 0 spiro atoms. The molecule has 1 rings (SSSR count). The van der Waals surface area contributed by atoms with Crippen molar-refractivity contribution in [3.05, 3.63) is 28.8 Å². The third kappa shape index (κ3) is 4.44. The van der Waals surface area contributed by atoms with Crippen molar-refractivity contribution in [1.29, 1.82) is 0 Å². The zero-order valence-corrected chi connectivity index (χ0v) is 11.6. The molecule has 1 unspecified atom stereocenters. The molecular formula is C13H17ClN2O3. The molecule has 0 saturated heterocycles. The summed E-state index contributed by atoms with van der Waals surface area (Å²) in [4.78, 5) is 23.5. The summed E-state index contributed by atoms with van der Waals surface area (Å²) >= 11 is 5.72. The monoisotopic (exact) mass is 284 g/mol. The van der Waals surface area contributed by atoms with Crippen LogP contribution >= 0.6 is 11.6 Å². The summed E-state index contributed by atoms with van der Waals surface area (Å²) < 4.78 is 0. The second kappa shape index (κ2) is 6.99. The van der Waals surface area contributed by atoms with Gasteiger partial charge in [-0.1, -0.05) is 18.5 Å². The average Bonchev–Trinajstić information content (AvgIpc) is 2.38. The van der Waals surface area contributed by atoms with Gasteiger partial charge < -0.3 is 15.7 Å². The molecule has 1 aromatic rings. The molecule has 0 fully saturated rings. The standard InChI is InChI=1S/C13H17ClN2O3/c1-3-6-15-12(18)8(2)16-13(19)9-4-5-11(17)10(14)7-9/h4-5,7-8,17H,3,6H2,1-2H3,(H,15,18)(H,16,19). The molecule has 0 bridgehead atoms. The highest BCUT2D eigenvalue weighted by atomic mass is 35.5. The van der Waals surface area contributed by atoms with Gasteiger partial charge in [0.2, 0.25) is 5.91 Å². The number of phenols is 1. The summed E-state index contributed by atoms with van der Waals surface area (Å²) in [6.07, 6.45) is 0.833. The Kier molecular flexibility index (Phi) is 5.63. The number of carbonyl (C=O) groups is 2. The van der Waals surface area contributed by atoms with Crippen molar-refractivity contribution in [3.8, 4) is 5.75 Å². The Labute approximate surface area is 117 Å². The van der Waals surface area contributed by atoms with E-state index < -0.39 is 11.9 Å². The lowest BCUT2D eigenvalue weighted by Gasteiger charge is -2.14. The molecule has 0 aliphatic rings. The summed E-state index contributed by atoms with van der Waals surface area (Å²) in [5.41, 5.74) is 0.290. The first-order valence-corrected chi connectivity index (χ1v) is 6.40. The summed E-state index contributed by atoms with van der Waals surface area (Å²) in [5.74, 6) is -0.743. The fourth-order valence-electron chi connectivity index (χ4n) is 1.39. The fraction of sp³-hybridized carbons (Fsp3) is 0.385. The average molecular weight is 285 g/mol. The van der Waals surface area contributed by atoms with Gasteiger partial charge >= 0.3 is 0 Å². The number of hydrogen-bond donors (Lipinski definition) is 3. The van der Waals surface area contributed by atoms with Crippen molar-refractivity contribution in [3.63, 3.8) is 0 Å². The van der Waals surface area contributed by atoms with Crippen molar-refractivity contribution in [2.45, 2.75) is 26.3 Å². The number of phenolic OH excluding ortho intramolecular Hbond substituents is 1. The lowest BCUT2D eigenvalue weighted by Crippen LogP contribution is -2.45. The quantitative estimate of drug-likeness (QED) is 0.770. The van der Waals surface area contributed by atoms with Crippen LogP contribution in [0.25, 0.3) is 0 Å². The third-order valence-electron chi connectivity index (χ3n) is 2.50. The van der Waals surface area contributed by atoms with Crippen LogP contribution in [0.5, 0.6) is 5.75 Å². The second-order valence-electron chi connectivity index (χ2n) is 4.15. The summed E-state index contributed by atoms with van der Waals surface area (Å²) in [7, 11) is 0. The van der Waals surface area contributed by atoms with Gasteiger partial charge in [-0.2, -0.15) is 0 Å². The van der Waals surface area contributed by atoms with Crippen LogP contribution in [-0.4, -0.2) is 29.5 Å². The van der Waals surface area contributed by atoms with E-state index in [2.05, 4.69) is 10.6 Å². The molecule has 0 radical (unpaired) electrons. The molecule has 0 aromatic heterocycles. The van der Waals surface area contributed by atoms with Gasteiger partial charge in [-0.25, -0.2) is 0 Å². The molecule has 1 atom stereocenters. The van der Waals surface area contributed by atoms with E-state index in [1.54, 1.807) is 6.92 Å². The van der Waals surface area contributed by atoms with E-state index in [-0.39, 0.29) is 22.2 Å². The summed E-state index contributed by atoms with van der Waals surface area (Å²) in [6, 6.07) is 3.49. The van der Waals surface area contributed by atoms with E-state index in [1.807, 2.05) is 6.92 Å². The molecule has 2 amide bonds. The smallest absolute Gasteiger partial charge is 0.251 e. The van der Waals surface area contributed by atoms with E-state index in [0.29, 0.717) is 6.54 Å². The van der Waals surface area contributed by atoms with Crippen LogP contribution in [-0.2, 0) is 4.79 Å². The van der Waals surface area contributed by atoms with Crippen LogP contribution in [0.2, 0.25) is 5.02 Å². The van der Waals surface area contributed by atoms with Crippen molar-refractivity contribution in [2.75, 3.05) is 6.54 Å². The zero-order chi connectivity index (χ0) is 14.4. The maximum absolute atomic E-state index is 11.9. The molecule has 0 saturated carbocycles. The fourth-order valence-corrected chi connectivity index (χ4v) is 1.58. The van der Waals surface area contributed by atoms with Gasteiger partial charge in [-0.15, -0.1) is 0 Å². The number of aromatic hydroxyl groups is 1. The van der Waals surface area contributed by atoms with Gasteiger partial charge in [-0.3, -0.25) is 9.59 Å². The van der Waals surface area contributed by atoms with E-state index in [9.17, 15) is 14.7 Å². The Balaban J connectivity index is 2.63. The largest absolute Gasteiger partial charge is 0.506 e. The maximum Gasteiger partial charge on any atom is 0.251 e.